The van der Waals surface area contributed by atoms with Gasteiger partial charge in [-0.05, 0) is 44.0 Å². The molecule has 2 aliphatic heterocycles. The van der Waals surface area contributed by atoms with Crippen LogP contribution in [0.25, 0.3) is 5.57 Å². The van der Waals surface area contributed by atoms with Gasteiger partial charge in [0.2, 0.25) is 0 Å². The lowest BCUT2D eigenvalue weighted by molar-refractivity contribution is 0.244. The van der Waals surface area contributed by atoms with Gasteiger partial charge in [-0.1, -0.05) is 35.9 Å². The Morgan fingerprint density at radius 2 is 1.96 bits per heavy atom. The van der Waals surface area contributed by atoms with Gasteiger partial charge < -0.3 is 0 Å². The van der Waals surface area contributed by atoms with Crippen molar-refractivity contribution in [3.05, 3.63) is 83.6 Å². The molecule has 1 unspecified atom stereocenters. The summed E-state index contributed by atoms with van der Waals surface area (Å²) in [5.74, 6) is 0.940. The lowest BCUT2D eigenvalue weighted by Crippen LogP contribution is -2.54. The number of allylic oxidation sites excluding steroid dienone is 1. The third-order valence-electron chi connectivity index (χ3n) is 4.75. The van der Waals surface area contributed by atoms with Gasteiger partial charge in [-0.15, -0.1) is 0 Å². The second-order valence-corrected chi connectivity index (χ2v) is 6.96. The first-order chi connectivity index (χ1) is 12.5. The van der Waals surface area contributed by atoms with Gasteiger partial charge in [0, 0.05) is 36.4 Å². The first-order valence-corrected chi connectivity index (χ1v) is 8.81. The smallest absolute Gasteiger partial charge is 0.154 e. The minimum atomic E-state index is -0.446. The highest BCUT2D eigenvalue weighted by Gasteiger charge is 2.41. The number of nitrogens with one attached hydrogen (secondary N) is 2. The fourth-order valence-electron chi connectivity index (χ4n) is 3.35. The van der Waals surface area contributed by atoms with Gasteiger partial charge in [0.05, 0.1) is 0 Å². The molecule has 132 valence electrons. The van der Waals surface area contributed by atoms with Crippen LogP contribution >= 0.6 is 0 Å². The third kappa shape index (κ3) is 3.07. The van der Waals surface area contributed by atoms with Crippen LogP contribution in [-0.2, 0) is 6.54 Å². The second-order valence-electron chi connectivity index (χ2n) is 6.96. The van der Waals surface area contributed by atoms with Crippen LogP contribution in [0.3, 0.4) is 0 Å². The number of rotatable bonds is 4. The Labute approximate surface area is 154 Å². The maximum absolute atomic E-state index is 4.80. The predicted octanol–water partition coefficient (Wildman–Crippen LogP) is 3.37. The van der Waals surface area contributed by atoms with Crippen LogP contribution in [0, 0.1) is 6.92 Å². The van der Waals surface area contributed by atoms with E-state index < -0.39 is 5.66 Å². The van der Waals surface area contributed by atoms with Crippen molar-refractivity contribution in [2.24, 2.45) is 4.99 Å². The van der Waals surface area contributed by atoms with Gasteiger partial charge >= 0.3 is 0 Å². The number of hydrogen-bond acceptors (Lipinski definition) is 5. The maximum Gasteiger partial charge on any atom is 0.154 e. The molecule has 3 heterocycles. The number of hydrogen-bond donors (Lipinski definition) is 2. The molecule has 1 atom stereocenters. The van der Waals surface area contributed by atoms with E-state index in [-0.39, 0.29) is 0 Å². The van der Waals surface area contributed by atoms with Crippen LogP contribution < -0.4 is 10.7 Å². The van der Waals surface area contributed by atoms with E-state index in [0.29, 0.717) is 6.54 Å². The average Bonchev–Trinajstić information content (AvgIpc) is 2.94. The zero-order valence-corrected chi connectivity index (χ0v) is 15.3. The average molecular weight is 345 g/mol. The highest BCUT2D eigenvalue weighted by Crippen LogP contribution is 2.38. The van der Waals surface area contributed by atoms with Crippen LogP contribution in [0.15, 0.2) is 71.9 Å². The van der Waals surface area contributed by atoms with Crippen molar-refractivity contribution in [1.82, 2.24) is 20.7 Å². The Hall–Kier alpha value is -2.76. The normalized spacial score (nSPS) is 21.8. The van der Waals surface area contributed by atoms with Crippen molar-refractivity contribution in [3.63, 3.8) is 0 Å². The summed E-state index contributed by atoms with van der Waals surface area (Å²) in [6.07, 6.45) is 7.72. The Morgan fingerprint density at radius 3 is 2.69 bits per heavy atom. The van der Waals surface area contributed by atoms with Gasteiger partial charge in [0.1, 0.15) is 5.66 Å². The quantitative estimate of drug-likeness (QED) is 0.892. The fraction of sp³-hybridized carbons (Fsp3) is 0.238. The van der Waals surface area contributed by atoms with Gasteiger partial charge in [-0.3, -0.25) is 15.3 Å². The number of aromatic nitrogens is 1. The summed E-state index contributed by atoms with van der Waals surface area (Å²) in [5.41, 5.74) is 8.80. The molecule has 5 nitrogen and oxygen atoms in total. The summed E-state index contributed by atoms with van der Waals surface area (Å²) in [4.78, 5) is 9.00. The summed E-state index contributed by atoms with van der Waals surface area (Å²) in [7, 11) is 0. The molecule has 0 aliphatic carbocycles. The van der Waals surface area contributed by atoms with E-state index in [1.54, 1.807) is 6.20 Å². The van der Waals surface area contributed by atoms with Crippen molar-refractivity contribution < 1.29 is 0 Å². The van der Waals surface area contributed by atoms with Crippen LogP contribution in [0.1, 0.15) is 30.5 Å². The van der Waals surface area contributed by atoms with Gasteiger partial charge in [-0.25, -0.2) is 10.4 Å². The third-order valence-corrected chi connectivity index (χ3v) is 4.75. The number of fused-ring (bicyclic) bond motifs is 1. The molecule has 0 radical (unpaired) electrons. The summed E-state index contributed by atoms with van der Waals surface area (Å²) < 4.78 is 0. The predicted molar refractivity (Wildman–Crippen MR) is 105 cm³/mol. The number of benzene rings is 1. The summed E-state index contributed by atoms with van der Waals surface area (Å²) in [5, 5.41) is 5.65. The van der Waals surface area contributed by atoms with Crippen LogP contribution in [-0.4, -0.2) is 21.4 Å². The topological polar surface area (TPSA) is 52.6 Å². The first kappa shape index (κ1) is 16.7. The molecule has 2 aromatic rings. The van der Waals surface area contributed by atoms with E-state index in [1.807, 2.05) is 36.5 Å². The Morgan fingerprint density at radius 1 is 1.15 bits per heavy atom. The molecule has 4 rings (SSSR count). The molecule has 0 bridgehead atoms. The molecule has 0 amide bonds. The number of hydrazine groups is 1. The molecule has 1 aromatic carbocycles. The molecular weight excluding hydrogens is 322 g/mol. The van der Waals surface area contributed by atoms with E-state index in [0.717, 1.165) is 28.2 Å². The molecule has 2 N–H and O–H groups in total. The number of aryl methyl sites for hydroxylation is 1. The van der Waals surface area contributed by atoms with E-state index in [4.69, 9.17) is 4.99 Å². The SMILES string of the molecule is CC1=NC2=C(c3ccc(C)cc3)C(C)(NCc3cccnc3)NN2C=C1. The van der Waals surface area contributed by atoms with Crippen LogP contribution in [0.2, 0.25) is 0 Å². The van der Waals surface area contributed by atoms with Gasteiger partial charge in [-0.2, -0.15) is 0 Å². The largest absolute Gasteiger partial charge is 0.290 e. The summed E-state index contributed by atoms with van der Waals surface area (Å²) in [6, 6.07) is 12.6. The zero-order valence-electron chi connectivity index (χ0n) is 15.3. The van der Waals surface area contributed by atoms with Crippen molar-refractivity contribution in [2.75, 3.05) is 0 Å². The molecule has 0 saturated carbocycles. The maximum atomic E-state index is 4.80. The molecule has 2 aliphatic rings. The minimum Gasteiger partial charge on any atom is -0.290 e. The lowest BCUT2D eigenvalue weighted by atomic mass is 9.94. The highest BCUT2D eigenvalue weighted by atomic mass is 15.6. The number of pyridine rings is 1. The Balaban J connectivity index is 1.73. The van der Waals surface area contributed by atoms with Gasteiger partial charge in [0.15, 0.2) is 5.82 Å². The van der Waals surface area contributed by atoms with E-state index in [1.165, 1.54) is 5.56 Å². The van der Waals surface area contributed by atoms with Crippen molar-refractivity contribution >= 4 is 11.3 Å². The van der Waals surface area contributed by atoms with E-state index >= 15 is 0 Å². The van der Waals surface area contributed by atoms with Gasteiger partial charge in [0.25, 0.3) is 0 Å². The minimum absolute atomic E-state index is 0.446. The van der Waals surface area contributed by atoms with Crippen molar-refractivity contribution in [1.29, 1.82) is 0 Å². The molecular formula is C21H23N5. The Kier molecular flexibility index (Phi) is 4.18. The standard InChI is InChI=1S/C21H23N5/c1-15-6-8-18(9-7-15)19-20-24-16(2)10-12-26(20)25-21(19,3)23-14-17-5-4-11-22-13-17/h4-13,23,25H,14H2,1-3H3. The van der Waals surface area contributed by atoms with Crippen LogP contribution in [0.5, 0.6) is 0 Å². The highest BCUT2D eigenvalue weighted by molar-refractivity contribution is 5.95. The molecule has 26 heavy (non-hydrogen) atoms. The van der Waals surface area contributed by atoms with Crippen molar-refractivity contribution in [2.45, 2.75) is 33.0 Å². The van der Waals surface area contributed by atoms with E-state index in [2.05, 4.69) is 59.9 Å². The zero-order chi connectivity index (χ0) is 18.1. The summed E-state index contributed by atoms with van der Waals surface area (Å²) in [6.45, 7) is 6.99. The molecule has 1 aromatic heterocycles. The van der Waals surface area contributed by atoms with Crippen LogP contribution in [0.4, 0.5) is 0 Å². The fourth-order valence-corrected chi connectivity index (χ4v) is 3.35. The first-order valence-electron chi connectivity index (χ1n) is 8.81. The second kappa shape index (κ2) is 6.52. The lowest BCUT2D eigenvalue weighted by Gasteiger charge is -2.30. The molecule has 0 fully saturated rings. The summed E-state index contributed by atoms with van der Waals surface area (Å²) >= 11 is 0. The molecule has 0 saturated heterocycles. The molecule has 5 heteroatoms. The number of nitrogens with zero attached hydrogens (tertiary/aromatic N) is 3. The monoisotopic (exact) mass is 345 g/mol. The number of aliphatic imine (C=N–C) groups is 1. The molecule has 0 spiro atoms. The van der Waals surface area contributed by atoms with Crippen molar-refractivity contribution in [3.8, 4) is 0 Å². The van der Waals surface area contributed by atoms with E-state index in [9.17, 15) is 0 Å². The Bertz CT molecular complexity index is 896.